The monoisotopic (exact) mass is 185 g/mol. The Labute approximate surface area is 66.1 Å². The predicted molar refractivity (Wildman–Crippen MR) is 40.6 cm³/mol. The van der Waals surface area contributed by atoms with Crippen LogP contribution < -0.4 is 0 Å². The first-order valence-corrected chi connectivity index (χ1v) is 4.88. The van der Waals surface area contributed by atoms with Crippen molar-refractivity contribution in [1.29, 1.82) is 0 Å². The molecule has 0 bridgehead atoms. The van der Waals surface area contributed by atoms with Crippen LogP contribution in [-0.4, -0.2) is 24.1 Å². The normalized spacial score (nSPS) is 15.1. The molecule has 0 heterocycles. The van der Waals surface area contributed by atoms with Crippen LogP contribution in [0.15, 0.2) is 0 Å². The van der Waals surface area contributed by atoms with Gasteiger partial charge in [0.25, 0.3) is 10.1 Å². The second-order valence-electron chi connectivity index (χ2n) is 1.96. The van der Waals surface area contributed by atoms with Gasteiger partial charge in [-0.3, -0.25) is 4.55 Å². The van der Waals surface area contributed by atoms with Gasteiger partial charge in [-0.2, -0.15) is 8.42 Å². The van der Waals surface area contributed by atoms with Crippen molar-refractivity contribution in [2.45, 2.75) is 18.2 Å². The molecular weight excluding hydrogens is 176 g/mol. The minimum absolute atomic E-state index is 0.254. The minimum atomic E-state index is -3.84. The molecule has 0 saturated carbocycles. The molecule has 0 fully saturated rings. The van der Waals surface area contributed by atoms with Crippen LogP contribution in [0.5, 0.6) is 0 Å². The maximum absolute atomic E-state index is 10.1. The molecule has 0 amide bonds. The van der Waals surface area contributed by atoms with Gasteiger partial charge in [0.1, 0.15) is 0 Å². The zero-order valence-electron chi connectivity index (χ0n) is 5.46. The van der Waals surface area contributed by atoms with Crippen molar-refractivity contribution in [3.8, 4) is 0 Å². The van der Waals surface area contributed by atoms with E-state index in [1.54, 1.807) is 0 Å². The number of alkyl halides is 1. The second kappa shape index (κ2) is 4.16. The number of halogens is 1. The predicted octanol–water partition coefficient (Wildman–Crippen LogP) is 1.10. The summed E-state index contributed by atoms with van der Waals surface area (Å²) in [6.45, 7) is 3.48. The van der Waals surface area contributed by atoms with E-state index in [1.165, 1.54) is 0 Å². The maximum Gasteiger partial charge on any atom is 0.264 e. The van der Waals surface area contributed by atoms with Crippen molar-refractivity contribution in [2.24, 2.45) is 0 Å². The van der Waals surface area contributed by atoms with Gasteiger partial charge in [-0.15, -0.1) is 11.6 Å². The van der Waals surface area contributed by atoms with Crippen LogP contribution in [0, 0.1) is 6.92 Å². The van der Waals surface area contributed by atoms with E-state index in [9.17, 15) is 8.42 Å². The standard InChI is InChI=1S/C5H10ClO3S/c1-2-5(6)3-4-10(7,8)9/h5H,1-4H2,(H,7,8,9). The molecular formula is C5H10ClO3S. The zero-order chi connectivity index (χ0) is 8.20. The third kappa shape index (κ3) is 6.32. The van der Waals surface area contributed by atoms with Gasteiger partial charge in [0.2, 0.25) is 0 Å². The second-order valence-corrected chi connectivity index (χ2v) is 4.15. The SMILES string of the molecule is [CH2]CC(Cl)CCS(=O)(=O)O. The maximum atomic E-state index is 10.1. The van der Waals surface area contributed by atoms with E-state index < -0.39 is 10.1 Å². The molecule has 0 spiro atoms. The van der Waals surface area contributed by atoms with Crippen LogP contribution in [0.2, 0.25) is 0 Å². The summed E-state index contributed by atoms with van der Waals surface area (Å²) < 4.78 is 28.5. The molecule has 3 nitrogen and oxygen atoms in total. The summed E-state index contributed by atoms with van der Waals surface area (Å²) in [6.07, 6.45) is 0.723. The molecule has 0 saturated heterocycles. The molecule has 1 N–H and O–H groups in total. The Bertz CT molecular complexity index is 175. The fraction of sp³-hybridized carbons (Fsp3) is 0.800. The van der Waals surface area contributed by atoms with E-state index in [1.807, 2.05) is 0 Å². The third-order valence-electron chi connectivity index (χ3n) is 1.00. The van der Waals surface area contributed by atoms with Gasteiger partial charge < -0.3 is 0 Å². The summed E-state index contributed by atoms with van der Waals surface area (Å²) in [6, 6.07) is 0. The van der Waals surface area contributed by atoms with Crippen LogP contribution in [0.1, 0.15) is 12.8 Å². The molecule has 0 aliphatic carbocycles. The summed E-state index contributed by atoms with van der Waals surface area (Å²) in [5, 5.41) is -0.262. The van der Waals surface area contributed by atoms with Gasteiger partial charge in [0, 0.05) is 5.38 Å². The van der Waals surface area contributed by atoms with E-state index in [-0.39, 0.29) is 17.6 Å². The fourth-order valence-corrected chi connectivity index (χ4v) is 1.24. The highest BCUT2D eigenvalue weighted by Crippen LogP contribution is 2.06. The van der Waals surface area contributed by atoms with E-state index in [0.29, 0.717) is 6.42 Å². The first-order valence-electron chi connectivity index (χ1n) is 2.84. The summed E-state index contributed by atoms with van der Waals surface area (Å²) in [5.41, 5.74) is 0. The van der Waals surface area contributed by atoms with Crippen LogP contribution >= 0.6 is 11.6 Å². The van der Waals surface area contributed by atoms with Gasteiger partial charge in [-0.1, -0.05) is 6.92 Å². The van der Waals surface area contributed by atoms with Gasteiger partial charge >= 0.3 is 0 Å². The molecule has 1 atom stereocenters. The van der Waals surface area contributed by atoms with Crippen molar-refractivity contribution >= 4 is 21.7 Å². The Morgan fingerprint density at radius 2 is 2.10 bits per heavy atom. The highest BCUT2D eigenvalue weighted by molar-refractivity contribution is 7.85. The lowest BCUT2D eigenvalue weighted by Gasteiger charge is -2.02. The summed E-state index contributed by atoms with van der Waals surface area (Å²) in [5.74, 6) is -0.281. The molecule has 5 heteroatoms. The Hall–Kier alpha value is 0.200. The van der Waals surface area contributed by atoms with Crippen LogP contribution in [0.25, 0.3) is 0 Å². The first-order chi connectivity index (χ1) is 4.45. The number of rotatable bonds is 4. The van der Waals surface area contributed by atoms with Gasteiger partial charge in [0.15, 0.2) is 0 Å². The Kier molecular flexibility index (Phi) is 4.24. The summed E-state index contributed by atoms with van der Waals surface area (Å²) >= 11 is 5.53. The lowest BCUT2D eigenvalue weighted by atomic mass is 10.3. The number of hydrogen-bond donors (Lipinski definition) is 1. The largest absolute Gasteiger partial charge is 0.286 e. The smallest absolute Gasteiger partial charge is 0.264 e. The lowest BCUT2D eigenvalue weighted by molar-refractivity contribution is 0.480. The Morgan fingerprint density at radius 3 is 2.40 bits per heavy atom. The molecule has 0 rings (SSSR count). The topological polar surface area (TPSA) is 54.4 Å². The molecule has 0 aromatic carbocycles. The van der Waals surface area contributed by atoms with Gasteiger partial charge in [-0.05, 0) is 12.8 Å². The fourth-order valence-electron chi connectivity index (χ4n) is 0.421. The lowest BCUT2D eigenvalue weighted by Crippen LogP contribution is -2.09. The summed E-state index contributed by atoms with van der Waals surface area (Å²) in [7, 11) is -3.84. The quantitative estimate of drug-likeness (QED) is 0.527. The summed E-state index contributed by atoms with van der Waals surface area (Å²) in [4.78, 5) is 0. The van der Waals surface area contributed by atoms with Crippen molar-refractivity contribution in [2.75, 3.05) is 5.75 Å². The van der Waals surface area contributed by atoms with Crippen molar-refractivity contribution in [1.82, 2.24) is 0 Å². The van der Waals surface area contributed by atoms with E-state index in [0.717, 1.165) is 0 Å². The number of hydrogen-bond acceptors (Lipinski definition) is 2. The van der Waals surface area contributed by atoms with Crippen LogP contribution in [0.4, 0.5) is 0 Å². The molecule has 0 aliphatic heterocycles. The van der Waals surface area contributed by atoms with Crippen molar-refractivity contribution < 1.29 is 13.0 Å². The van der Waals surface area contributed by atoms with Crippen molar-refractivity contribution in [3.05, 3.63) is 6.92 Å². The Morgan fingerprint density at radius 1 is 1.60 bits per heavy atom. The van der Waals surface area contributed by atoms with E-state index in [4.69, 9.17) is 16.2 Å². The van der Waals surface area contributed by atoms with Crippen molar-refractivity contribution in [3.63, 3.8) is 0 Å². The molecule has 10 heavy (non-hydrogen) atoms. The molecule has 1 unspecified atom stereocenters. The van der Waals surface area contributed by atoms with Gasteiger partial charge in [0.05, 0.1) is 5.75 Å². The van der Waals surface area contributed by atoms with Crippen LogP contribution in [0.3, 0.4) is 0 Å². The van der Waals surface area contributed by atoms with Crippen LogP contribution in [-0.2, 0) is 10.1 Å². The average molecular weight is 186 g/mol. The van der Waals surface area contributed by atoms with E-state index >= 15 is 0 Å². The molecule has 0 aromatic heterocycles. The third-order valence-corrected chi connectivity index (χ3v) is 2.19. The van der Waals surface area contributed by atoms with E-state index in [2.05, 4.69) is 6.92 Å². The zero-order valence-corrected chi connectivity index (χ0v) is 7.03. The molecule has 0 aromatic rings. The average Bonchev–Trinajstić information content (AvgIpc) is 1.81. The highest BCUT2D eigenvalue weighted by Gasteiger charge is 2.08. The molecule has 1 radical (unpaired) electrons. The van der Waals surface area contributed by atoms with Gasteiger partial charge in [-0.25, -0.2) is 0 Å². The molecule has 0 aliphatic rings. The first kappa shape index (κ1) is 10.2. The Balaban J connectivity index is 3.56. The molecule has 61 valence electrons. The highest BCUT2D eigenvalue weighted by atomic mass is 35.5. The minimum Gasteiger partial charge on any atom is -0.286 e.